The maximum absolute atomic E-state index is 13.0. The molecule has 0 bridgehead atoms. The topological polar surface area (TPSA) is 71.8 Å². The molecule has 1 aromatic heterocycles. The highest BCUT2D eigenvalue weighted by atomic mass is 19.1. The minimum Gasteiger partial charge on any atom is -0.396 e. The van der Waals surface area contributed by atoms with Crippen LogP contribution in [0, 0.1) is 12.7 Å². The number of aryl methyl sites for hydroxylation is 3. The van der Waals surface area contributed by atoms with Crippen LogP contribution >= 0.6 is 0 Å². The Kier molecular flexibility index (Phi) is 3.41. The van der Waals surface area contributed by atoms with E-state index in [0.717, 1.165) is 11.3 Å². The van der Waals surface area contributed by atoms with Crippen LogP contribution in [0.4, 0.5) is 10.1 Å². The van der Waals surface area contributed by atoms with Crippen LogP contribution in [0.5, 0.6) is 0 Å². The number of aromatic amines is 1. The summed E-state index contributed by atoms with van der Waals surface area (Å²) in [5.74, 6) is 0.181. The maximum Gasteiger partial charge on any atom is 0.251 e. The van der Waals surface area contributed by atoms with Crippen LogP contribution in [0.2, 0.25) is 0 Å². The van der Waals surface area contributed by atoms with Crippen LogP contribution in [0.25, 0.3) is 0 Å². The maximum atomic E-state index is 13.0. The third kappa shape index (κ3) is 2.94. The Hall–Kier alpha value is -2.17. The molecule has 0 aliphatic rings. The Bertz CT molecular complexity index is 622. The lowest BCUT2D eigenvalue weighted by atomic mass is 10.1. The lowest BCUT2D eigenvalue weighted by Gasteiger charge is -2.04. The van der Waals surface area contributed by atoms with Gasteiger partial charge in [-0.1, -0.05) is 6.07 Å². The quantitative estimate of drug-likeness (QED) is 0.809. The van der Waals surface area contributed by atoms with Crippen molar-refractivity contribution < 1.29 is 4.39 Å². The second-order valence-electron chi connectivity index (χ2n) is 4.18. The summed E-state index contributed by atoms with van der Waals surface area (Å²) in [5, 5.41) is 0. The Morgan fingerprint density at radius 2 is 2.11 bits per heavy atom. The molecule has 0 saturated heterocycles. The van der Waals surface area contributed by atoms with E-state index >= 15 is 0 Å². The zero-order valence-corrected chi connectivity index (χ0v) is 10.0. The van der Waals surface area contributed by atoms with Crippen molar-refractivity contribution >= 4 is 5.69 Å². The van der Waals surface area contributed by atoms with Gasteiger partial charge in [-0.2, -0.15) is 0 Å². The van der Waals surface area contributed by atoms with Crippen LogP contribution in [0.1, 0.15) is 17.1 Å². The van der Waals surface area contributed by atoms with E-state index in [0.29, 0.717) is 18.7 Å². The number of nitrogen functional groups attached to an aromatic ring is 1. The van der Waals surface area contributed by atoms with Crippen molar-refractivity contribution in [3.05, 3.63) is 57.5 Å². The lowest BCUT2D eigenvalue weighted by molar-refractivity contribution is 0.631. The third-order valence-corrected chi connectivity index (χ3v) is 2.64. The molecule has 2 rings (SSSR count). The highest BCUT2D eigenvalue weighted by molar-refractivity contribution is 5.42. The molecule has 0 spiro atoms. The third-order valence-electron chi connectivity index (χ3n) is 2.64. The predicted octanol–water partition coefficient (Wildman–Crippen LogP) is 1.58. The van der Waals surface area contributed by atoms with Crippen LogP contribution in [-0.2, 0) is 12.8 Å². The fourth-order valence-corrected chi connectivity index (χ4v) is 1.79. The van der Waals surface area contributed by atoms with E-state index in [1.54, 1.807) is 19.1 Å². The number of aromatic nitrogens is 2. The SMILES string of the molecule is Cc1nc(CCc2ccc(F)c(N)c2)cc(=O)[nH]1. The zero-order valence-electron chi connectivity index (χ0n) is 10.0. The van der Waals surface area contributed by atoms with Crippen molar-refractivity contribution in [2.75, 3.05) is 5.73 Å². The summed E-state index contributed by atoms with van der Waals surface area (Å²) in [6.45, 7) is 1.74. The molecule has 5 heteroatoms. The minimum absolute atomic E-state index is 0.141. The molecular weight excluding hydrogens is 233 g/mol. The van der Waals surface area contributed by atoms with Gasteiger partial charge in [0.1, 0.15) is 11.6 Å². The first kappa shape index (κ1) is 12.3. The molecule has 0 aliphatic heterocycles. The van der Waals surface area contributed by atoms with Crippen molar-refractivity contribution in [1.82, 2.24) is 9.97 Å². The second-order valence-corrected chi connectivity index (χ2v) is 4.18. The van der Waals surface area contributed by atoms with Crippen molar-refractivity contribution in [2.45, 2.75) is 19.8 Å². The van der Waals surface area contributed by atoms with Gasteiger partial charge in [0.2, 0.25) is 0 Å². The summed E-state index contributed by atoms with van der Waals surface area (Å²) in [7, 11) is 0. The van der Waals surface area contributed by atoms with Gasteiger partial charge in [0.05, 0.1) is 5.69 Å². The number of hydrogen-bond donors (Lipinski definition) is 2. The number of H-pyrrole nitrogens is 1. The molecule has 0 aliphatic carbocycles. The van der Waals surface area contributed by atoms with Crippen LogP contribution < -0.4 is 11.3 Å². The highest BCUT2D eigenvalue weighted by Gasteiger charge is 2.02. The van der Waals surface area contributed by atoms with E-state index in [1.807, 2.05) is 0 Å². The summed E-state index contributed by atoms with van der Waals surface area (Å²) in [6, 6.07) is 6.11. The molecule has 0 saturated carbocycles. The van der Waals surface area contributed by atoms with Gasteiger partial charge in [0.25, 0.3) is 5.56 Å². The van der Waals surface area contributed by atoms with Gasteiger partial charge in [-0.3, -0.25) is 4.79 Å². The van der Waals surface area contributed by atoms with Crippen LogP contribution in [0.3, 0.4) is 0 Å². The van der Waals surface area contributed by atoms with E-state index in [4.69, 9.17) is 5.73 Å². The molecule has 1 aromatic carbocycles. The van der Waals surface area contributed by atoms with E-state index in [-0.39, 0.29) is 11.2 Å². The van der Waals surface area contributed by atoms with E-state index < -0.39 is 5.82 Å². The summed E-state index contributed by atoms with van der Waals surface area (Å²) in [4.78, 5) is 18.1. The van der Waals surface area contributed by atoms with E-state index in [1.165, 1.54) is 12.1 Å². The number of nitrogens with one attached hydrogen (secondary N) is 1. The van der Waals surface area contributed by atoms with Gasteiger partial charge in [-0.05, 0) is 37.5 Å². The van der Waals surface area contributed by atoms with Crippen LogP contribution in [-0.4, -0.2) is 9.97 Å². The molecule has 94 valence electrons. The molecule has 4 nitrogen and oxygen atoms in total. The van der Waals surface area contributed by atoms with E-state index in [9.17, 15) is 9.18 Å². The number of hydrogen-bond acceptors (Lipinski definition) is 3. The summed E-state index contributed by atoms with van der Waals surface area (Å²) >= 11 is 0. The number of rotatable bonds is 3. The van der Waals surface area contributed by atoms with Crippen molar-refractivity contribution in [2.24, 2.45) is 0 Å². The minimum atomic E-state index is -0.413. The molecule has 18 heavy (non-hydrogen) atoms. The fraction of sp³-hybridized carbons (Fsp3) is 0.231. The number of anilines is 1. The highest BCUT2D eigenvalue weighted by Crippen LogP contribution is 2.13. The predicted molar refractivity (Wildman–Crippen MR) is 67.8 cm³/mol. The first-order chi connectivity index (χ1) is 8.54. The van der Waals surface area contributed by atoms with Gasteiger partial charge in [0.15, 0.2) is 0 Å². The van der Waals surface area contributed by atoms with Gasteiger partial charge >= 0.3 is 0 Å². The average Bonchev–Trinajstić information content (AvgIpc) is 2.29. The Morgan fingerprint density at radius 1 is 1.33 bits per heavy atom. The summed E-state index contributed by atoms with van der Waals surface area (Å²) < 4.78 is 13.0. The molecule has 0 atom stereocenters. The first-order valence-corrected chi connectivity index (χ1v) is 5.65. The molecule has 0 radical (unpaired) electrons. The average molecular weight is 247 g/mol. The van der Waals surface area contributed by atoms with Crippen molar-refractivity contribution in [3.63, 3.8) is 0 Å². The smallest absolute Gasteiger partial charge is 0.251 e. The monoisotopic (exact) mass is 247 g/mol. The van der Waals surface area contributed by atoms with Gasteiger partial charge < -0.3 is 10.7 Å². The van der Waals surface area contributed by atoms with Crippen LogP contribution in [0.15, 0.2) is 29.1 Å². The number of nitrogens with two attached hydrogens (primary N) is 1. The van der Waals surface area contributed by atoms with Crippen molar-refractivity contribution in [3.8, 4) is 0 Å². The molecule has 2 aromatic rings. The molecule has 0 unspecified atom stereocenters. The summed E-state index contributed by atoms with van der Waals surface area (Å²) in [5.41, 5.74) is 7.12. The standard InChI is InChI=1S/C13H14FN3O/c1-8-16-10(7-13(18)17-8)4-2-9-3-5-11(14)12(15)6-9/h3,5-7H,2,4,15H2,1H3,(H,16,17,18). The van der Waals surface area contributed by atoms with E-state index in [2.05, 4.69) is 9.97 Å². The molecule has 0 amide bonds. The lowest BCUT2D eigenvalue weighted by Crippen LogP contribution is -2.11. The fourth-order valence-electron chi connectivity index (χ4n) is 1.79. The number of halogens is 1. The number of nitrogens with zero attached hydrogens (tertiary/aromatic N) is 1. The van der Waals surface area contributed by atoms with Crippen molar-refractivity contribution in [1.29, 1.82) is 0 Å². The second kappa shape index (κ2) is 5.00. The summed E-state index contributed by atoms with van der Waals surface area (Å²) in [6.07, 6.45) is 1.29. The Morgan fingerprint density at radius 3 is 2.78 bits per heavy atom. The van der Waals surface area contributed by atoms with Gasteiger partial charge in [-0.25, -0.2) is 9.37 Å². The Labute approximate surface area is 104 Å². The first-order valence-electron chi connectivity index (χ1n) is 5.65. The largest absolute Gasteiger partial charge is 0.396 e. The molecular formula is C13H14FN3O. The molecule has 3 N–H and O–H groups in total. The molecule has 1 heterocycles. The number of benzene rings is 1. The normalized spacial score (nSPS) is 10.6. The zero-order chi connectivity index (χ0) is 13.1. The van der Waals surface area contributed by atoms with Gasteiger partial charge in [0, 0.05) is 11.8 Å². The van der Waals surface area contributed by atoms with Gasteiger partial charge in [-0.15, -0.1) is 0 Å². The molecule has 0 fully saturated rings. The Balaban J connectivity index is 2.11.